The van der Waals surface area contributed by atoms with E-state index in [0.717, 1.165) is 12.1 Å². The zero-order valence-corrected chi connectivity index (χ0v) is 10.4. The Morgan fingerprint density at radius 1 is 0.895 bits per heavy atom. The van der Waals surface area contributed by atoms with Gasteiger partial charge in [-0.2, -0.15) is 0 Å². The van der Waals surface area contributed by atoms with Gasteiger partial charge >= 0.3 is 0 Å². The third kappa shape index (κ3) is 2.38. The van der Waals surface area contributed by atoms with Crippen LogP contribution in [0.1, 0.15) is 27.0 Å². The summed E-state index contributed by atoms with van der Waals surface area (Å²) < 4.78 is 40.6. The summed E-state index contributed by atoms with van der Waals surface area (Å²) in [6.07, 6.45) is 0. The van der Waals surface area contributed by atoms with E-state index >= 15 is 0 Å². The van der Waals surface area contributed by atoms with Crippen molar-refractivity contribution >= 4 is 5.78 Å². The van der Waals surface area contributed by atoms with Gasteiger partial charge in [-0.05, 0) is 49.2 Å². The lowest BCUT2D eigenvalue weighted by atomic mass is 9.99. The topological polar surface area (TPSA) is 17.1 Å². The van der Waals surface area contributed by atoms with Crippen LogP contribution in [0.5, 0.6) is 0 Å². The molecule has 0 atom stereocenters. The molecule has 0 N–H and O–H groups in total. The highest BCUT2D eigenvalue weighted by Crippen LogP contribution is 2.21. The highest BCUT2D eigenvalue weighted by atomic mass is 19.1. The molecule has 0 radical (unpaired) electrons. The Morgan fingerprint density at radius 3 is 2.16 bits per heavy atom. The van der Waals surface area contributed by atoms with Crippen molar-refractivity contribution in [1.29, 1.82) is 0 Å². The van der Waals surface area contributed by atoms with Crippen LogP contribution in [0.25, 0.3) is 0 Å². The molecule has 4 heteroatoms. The molecule has 1 nitrogen and oxygen atoms in total. The Labute approximate surface area is 108 Å². The zero-order valence-electron chi connectivity index (χ0n) is 10.4. The number of rotatable bonds is 2. The van der Waals surface area contributed by atoms with Crippen LogP contribution >= 0.6 is 0 Å². The molecular weight excluding hydrogens is 253 g/mol. The van der Waals surface area contributed by atoms with Crippen LogP contribution in [0.3, 0.4) is 0 Å². The second-order valence-corrected chi connectivity index (χ2v) is 4.35. The van der Waals surface area contributed by atoms with E-state index < -0.39 is 28.8 Å². The minimum atomic E-state index is -0.921. The van der Waals surface area contributed by atoms with Crippen molar-refractivity contribution in [3.05, 3.63) is 70.0 Å². The van der Waals surface area contributed by atoms with Gasteiger partial charge in [-0.3, -0.25) is 4.79 Å². The minimum Gasteiger partial charge on any atom is -0.288 e. The molecule has 2 aromatic rings. The third-order valence-electron chi connectivity index (χ3n) is 2.93. The molecule has 0 spiro atoms. The molecule has 0 aliphatic carbocycles. The van der Waals surface area contributed by atoms with Crippen molar-refractivity contribution in [3.8, 4) is 0 Å². The summed E-state index contributed by atoms with van der Waals surface area (Å²) in [5, 5.41) is 0. The standard InChI is InChI=1S/C15H11F3O/c1-8-3-5-12(17)13(14(8)18)15(19)10-4-6-11(16)9(2)7-10/h3-7H,1-2H3. The van der Waals surface area contributed by atoms with E-state index in [1.54, 1.807) is 0 Å². The van der Waals surface area contributed by atoms with Crippen LogP contribution in [0.15, 0.2) is 30.3 Å². The lowest BCUT2D eigenvalue weighted by molar-refractivity contribution is 0.103. The van der Waals surface area contributed by atoms with Gasteiger partial charge in [-0.15, -0.1) is 0 Å². The van der Waals surface area contributed by atoms with Crippen LogP contribution in [0.2, 0.25) is 0 Å². The lowest BCUT2D eigenvalue weighted by Gasteiger charge is -2.07. The molecule has 0 amide bonds. The predicted molar refractivity (Wildman–Crippen MR) is 65.7 cm³/mol. The average Bonchev–Trinajstić information content (AvgIpc) is 2.37. The first-order valence-electron chi connectivity index (χ1n) is 5.67. The summed E-state index contributed by atoms with van der Waals surface area (Å²) in [5.74, 6) is -3.06. The third-order valence-corrected chi connectivity index (χ3v) is 2.93. The van der Waals surface area contributed by atoms with Crippen molar-refractivity contribution in [3.63, 3.8) is 0 Å². The van der Waals surface area contributed by atoms with E-state index in [-0.39, 0.29) is 16.7 Å². The first-order chi connectivity index (χ1) is 8.91. The van der Waals surface area contributed by atoms with Crippen molar-refractivity contribution in [2.24, 2.45) is 0 Å². The van der Waals surface area contributed by atoms with E-state index in [1.807, 2.05) is 0 Å². The van der Waals surface area contributed by atoms with Gasteiger partial charge < -0.3 is 0 Å². The predicted octanol–water partition coefficient (Wildman–Crippen LogP) is 3.95. The second kappa shape index (κ2) is 4.88. The summed E-state index contributed by atoms with van der Waals surface area (Å²) >= 11 is 0. The number of hydrogen-bond donors (Lipinski definition) is 0. The maximum atomic E-state index is 13.8. The number of halogens is 3. The van der Waals surface area contributed by atoms with Crippen molar-refractivity contribution in [2.45, 2.75) is 13.8 Å². The number of benzene rings is 2. The fourth-order valence-electron chi connectivity index (χ4n) is 1.80. The van der Waals surface area contributed by atoms with Crippen LogP contribution in [-0.2, 0) is 0 Å². The molecule has 0 unspecified atom stereocenters. The summed E-state index contributed by atoms with van der Waals surface area (Å²) in [4.78, 5) is 12.1. The number of hydrogen-bond acceptors (Lipinski definition) is 1. The SMILES string of the molecule is Cc1cc(C(=O)c2c(F)ccc(C)c2F)ccc1F. The van der Waals surface area contributed by atoms with Crippen molar-refractivity contribution in [1.82, 2.24) is 0 Å². The maximum Gasteiger partial charge on any atom is 0.198 e. The van der Waals surface area contributed by atoms with E-state index in [2.05, 4.69) is 0 Å². The molecule has 0 saturated heterocycles. The molecule has 2 rings (SSSR count). The minimum absolute atomic E-state index is 0.0577. The molecule has 0 aliphatic rings. The molecule has 0 saturated carbocycles. The maximum absolute atomic E-state index is 13.8. The van der Waals surface area contributed by atoms with Crippen LogP contribution < -0.4 is 0 Å². The van der Waals surface area contributed by atoms with Gasteiger partial charge in [0.25, 0.3) is 0 Å². The highest BCUT2D eigenvalue weighted by Gasteiger charge is 2.20. The molecule has 0 aliphatic heterocycles. The van der Waals surface area contributed by atoms with Gasteiger partial charge in [0.05, 0.1) is 5.56 Å². The van der Waals surface area contributed by atoms with Crippen LogP contribution in [0.4, 0.5) is 13.2 Å². The van der Waals surface area contributed by atoms with Crippen molar-refractivity contribution in [2.75, 3.05) is 0 Å². The molecule has 98 valence electrons. The number of aryl methyl sites for hydroxylation is 2. The van der Waals surface area contributed by atoms with Crippen LogP contribution in [-0.4, -0.2) is 5.78 Å². The van der Waals surface area contributed by atoms with Gasteiger partial charge in [0.15, 0.2) is 5.78 Å². The van der Waals surface area contributed by atoms with Gasteiger partial charge in [0, 0.05) is 5.56 Å². The Hall–Kier alpha value is -2.10. The Balaban J connectivity index is 2.56. The van der Waals surface area contributed by atoms with Gasteiger partial charge in [-0.25, -0.2) is 13.2 Å². The Kier molecular flexibility index (Phi) is 3.42. The smallest absolute Gasteiger partial charge is 0.198 e. The lowest BCUT2D eigenvalue weighted by Crippen LogP contribution is -2.09. The molecule has 19 heavy (non-hydrogen) atoms. The average molecular weight is 264 g/mol. The second-order valence-electron chi connectivity index (χ2n) is 4.35. The molecule has 2 aromatic carbocycles. The van der Waals surface area contributed by atoms with E-state index in [4.69, 9.17) is 0 Å². The first kappa shape index (κ1) is 13.3. The Bertz CT molecular complexity index is 663. The summed E-state index contributed by atoms with van der Waals surface area (Å²) in [6.45, 7) is 2.93. The molecule has 0 bridgehead atoms. The number of ketones is 1. The first-order valence-corrected chi connectivity index (χ1v) is 5.67. The van der Waals surface area contributed by atoms with E-state index in [9.17, 15) is 18.0 Å². The molecule has 0 fully saturated rings. The molecule has 0 aromatic heterocycles. The normalized spacial score (nSPS) is 10.6. The number of carbonyl (C=O) groups is 1. The molecular formula is C15H11F3O. The number of carbonyl (C=O) groups excluding carboxylic acids is 1. The van der Waals surface area contributed by atoms with Crippen molar-refractivity contribution < 1.29 is 18.0 Å². The summed E-state index contributed by atoms with van der Waals surface area (Å²) in [6, 6.07) is 5.90. The monoisotopic (exact) mass is 264 g/mol. The quantitative estimate of drug-likeness (QED) is 0.750. The Morgan fingerprint density at radius 2 is 1.53 bits per heavy atom. The fraction of sp³-hybridized carbons (Fsp3) is 0.133. The summed E-state index contributed by atoms with van der Waals surface area (Å²) in [7, 11) is 0. The largest absolute Gasteiger partial charge is 0.288 e. The molecule has 0 heterocycles. The zero-order chi connectivity index (χ0) is 14.2. The van der Waals surface area contributed by atoms with E-state index in [0.29, 0.717) is 0 Å². The van der Waals surface area contributed by atoms with Crippen LogP contribution in [0, 0.1) is 31.3 Å². The fourth-order valence-corrected chi connectivity index (χ4v) is 1.80. The van der Waals surface area contributed by atoms with E-state index in [1.165, 1.54) is 32.0 Å². The van der Waals surface area contributed by atoms with Gasteiger partial charge in [0.2, 0.25) is 0 Å². The highest BCUT2D eigenvalue weighted by molar-refractivity contribution is 6.09. The van der Waals surface area contributed by atoms with Gasteiger partial charge in [-0.1, -0.05) is 6.07 Å². The summed E-state index contributed by atoms with van der Waals surface area (Å²) in [5.41, 5.74) is -0.115. The van der Waals surface area contributed by atoms with Gasteiger partial charge in [0.1, 0.15) is 17.5 Å².